The maximum atomic E-state index is 14.4. The minimum atomic E-state index is -1.01. The number of ketones is 1. The Kier molecular flexibility index (Phi) is 7.95. The van der Waals surface area contributed by atoms with Crippen LogP contribution in [0.3, 0.4) is 0 Å². The van der Waals surface area contributed by atoms with Crippen molar-refractivity contribution in [1.82, 2.24) is 0 Å². The molecular formula is C41H52O3S. The Labute approximate surface area is 273 Å². The molecule has 0 spiro atoms. The molecule has 7 rings (SSSR count). The van der Waals surface area contributed by atoms with E-state index in [0.717, 1.165) is 29.7 Å². The van der Waals surface area contributed by atoms with E-state index in [9.17, 15) is 9.59 Å². The van der Waals surface area contributed by atoms with Crippen molar-refractivity contribution in [2.75, 3.05) is 0 Å². The Morgan fingerprint density at radius 2 is 1.11 bits per heavy atom. The second kappa shape index (κ2) is 11.1. The van der Waals surface area contributed by atoms with Crippen molar-refractivity contribution in [2.45, 2.75) is 125 Å². The topological polar surface area (TPSA) is 43.4 Å². The van der Waals surface area contributed by atoms with Crippen molar-refractivity contribution in [2.24, 2.45) is 23.2 Å². The molecule has 45 heavy (non-hydrogen) atoms. The number of carbonyl (C=O) groups is 2. The maximum absolute atomic E-state index is 14.4. The molecule has 0 amide bonds. The molecule has 0 aromatic heterocycles. The zero-order valence-electron chi connectivity index (χ0n) is 28.8. The fourth-order valence-electron chi connectivity index (χ4n) is 8.10. The lowest BCUT2D eigenvalue weighted by molar-refractivity contribution is -0.167. The highest BCUT2D eigenvalue weighted by molar-refractivity contribution is 8.17. The summed E-state index contributed by atoms with van der Waals surface area (Å²) in [6, 6.07) is 24.7. The van der Waals surface area contributed by atoms with Gasteiger partial charge in [-0.1, -0.05) is 92.6 Å². The minimum absolute atomic E-state index is 0.0314. The van der Waals surface area contributed by atoms with E-state index in [2.05, 4.69) is 129 Å². The quantitative estimate of drug-likeness (QED) is 0.174. The van der Waals surface area contributed by atoms with Crippen LogP contribution in [0.1, 0.15) is 111 Å². The molecule has 4 saturated carbocycles. The highest BCUT2D eigenvalue weighted by Gasteiger charge is 2.59. The number of rotatable bonds is 5. The number of carbonyl (C=O) groups excluding carboxylic acids is 2. The van der Waals surface area contributed by atoms with E-state index in [0.29, 0.717) is 30.3 Å². The van der Waals surface area contributed by atoms with Gasteiger partial charge in [0.25, 0.3) is 0 Å². The number of benzene rings is 3. The Balaban J connectivity index is 1.46. The van der Waals surface area contributed by atoms with E-state index in [1.165, 1.54) is 20.9 Å². The lowest BCUT2D eigenvalue weighted by atomic mass is 9.49. The fraction of sp³-hybridized carbons (Fsp3) is 0.512. The second-order valence-corrected chi connectivity index (χ2v) is 19.5. The first-order chi connectivity index (χ1) is 20.9. The molecule has 0 N–H and O–H groups in total. The smallest absolute Gasteiger partial charge is 0.317 e. The van der Waals surface area contributed by atoms with Crippen molar-refractivity contribution >= 4 is 22.6 Å². The predicted octanol–water partition coefficient (Wildman–Crippen LogP) is 10.4. The molecule has 0 aliphatic heterocycles. The minimum Gasteiger partial charge on any atom is -0.425 e. The number of esters is 1. The zero-order valence-corrected chi connectivity index (χ0v) is 29.7. The standard InChI is InChI=1S/C41H52O3S/c1-38(2,3)29-10-15-32(16-11-29)45(33-17-12-30(13-18-33)39(4,5)6)35-19-14-31(40(7,8)9)22-34(35)44-37(43)41-23-26-20-27(24-41)36(42)28(21-26)25-41/h10-19,22,26-28,45H,20-21,23-25H2,1-9H3. The Morgan fingerprint density at radius 3 is 1.56 bits per heavy atom. The summed E-state index contributed by atoms with van der Waals surface area (Å²) in [6.07, 6.45) is 4.08. The monoisotopic (exact) mass is 624 g/mol. The average molecular weight is 625 g/mol. The summed E-state index contributed by atoms with van der Waals surface area (Å²) in [6.45, 7) is 20.1. The lowest BCUT2D eigenvalue weighted by Gasteiger charge is -2.53. The summed E-state index contributed by atoms with van der Waals surface area (Å²) in [5, 5.41) is 0. The van der Waals surface area contributed by atoms with Crippen molar-refractivity contribution in [3.05, 3.63) is 83.4 Å². The number of Topliss-reactive ketones (excluding diaryl/α,β-unsaturated/α-hetero) is 1. The van der Waals surface area contributed by atoms with Gasteiger partial charge in [-0.3, -0.25) is 9.59 Å². The van der Waals surface area contributed by atoms with Gasteiger partial charge in [0.05, 0.1) is 5.41 Å². The van der Waals surface area contributed by atoms with Gasteiger partial charge in [0, 0.05) is 16.7 Å². The van der Waals surface area contributed by atoms with Gasteiger partial charge in [-0.2, -0.15) is 10.9 Å². The number of ether oxygens (including phenoxy) is 1. The van der Waals surface area contributed by atoms with Gasteiger partial charge in [-0.05, 0) is 117 Å². The van der Waals surface area contributed by atoms with E-state index in [4.69, 9.17) is 4.74 Å². The molecule has 3 aromatic rings. The first-order valence-electron chi connectivity index (χ1n) is 16.9. The van der Waals surface area contributed by atoms with Gasteiger partial charge in [-0.25, -0.2) is 0 Å². The van der Waals surface area contributed by atoms with Gasteiger partial charge in [0.2, 0.25) is 0 Å². The molecule has 4 aliphatic rings. The fourth-order valence-corrected chi connectivity index (χ4v) is 10.4. The van der Waals surface area contributed by atoms with Crippen LogP contribution in [0.5, 0.6) is 5.75 Å². The van der Waals surface area contributed by atoms with Crippen LogP contribution in [-0.2, 0) is 25.8 Å². The maximum Gasteiger partial charge on any atom is 0.317 e. The zero-order chi connectivity index (χ0) is 32.5. The molecule has 2 atom stereocenters. The van der Waals surface area contributed by atoms with Crippen molar-refractivity contribution in [3.63, 3.8) is 0 Å². The highest BCUT2D eigenvalue weighted by atomic mass is 32.2. The predicted molar refractivity (Wildman–Crippen MR) is 186 cm³/mol. The molecule has 0 heterocycles. The van der Waals surface area contributed by atoms with E-state index in [1.807, 2.05) is 0 Å². The van der Waals surface area contributed by atoms with Crippen molar-refractivity contribution < 1.29 is 14.3 Å². The molecule has 4 bridgehead atoms. The summed E-state index contributed by atoms with van der Waals surface area (Å²) in [7, 11) is -1.01. The average Bonchev–Trinajstić information content (AvgIpc) is 2.95. The third-order valence-corrected chi connectivity index (χ3v) is 13.2. The highest BCUT2D eigenvalue weighted by Crippen LogP contribution is 2.60. The van der Waals surface area contributed by atoms with Crippen LogP contribution in [-0.4, -0.2) is 11.8 Å². The van der Waals surface area contributed by atoms with Crippen molar-refractivity contribution in [1.29, 1.82) is 0 Å². The SMILES string of the molecule is CC(C)(C)c1ccc([SH](c2ccc(C(C)(C)C)cc2)c2ccc(C(C)(C)C)cc2OC(=O)C23CC4CC(C2)C(=O)C(C4)C3)cc1. The van der Waals surface area contributed by atoms with E-state index in [1.54, 1.807) is 0 Å². The second-order valence-electron chi connectivity index (χ2n) is 17.3. The first-order valence-corrected chi connectivity index (χ1v) is 18.2. The van der Waals surface area contributed by atoms with Crippen LogP contribution in [0.4, 0.5) is 0 Å². The van der Waals surface area contributed by atoms with Crippen LogP contribution in [0.2, 0.25) is 0 Å². The van der Waals surface area contributed by atoms with E-state index >= 15 is 0 Å². The summed E-state index contributed by atoms with van der Waals surface area (Å²) in [4.78, 5) is 30.8. The van der Waals surface area contributed by atoms with Gasteiger partial charge in [0.1, 0.15) is 11.5 Å². The Morgan fingerprint density at radius 1 is 0.667 bits per heavy atom. The first kappa shape index (κ1) is 32.1. The molecule has 0 radical (unpaired) electrons. The largest absolute Gasteiger partial charge is 0.425 e. The number of thiol groups is 1. The lowest BCUT2D eigenvalue weighted by Crippen LogP contribution is -2.55. The van der Waals surface area contributed by atoms with Crippen LogP contribution in [0, 0.1) is 23.2 Å². The molecule has 3 aromatic carbocycles. The van der Waals surface area contributed by atoms with Gasteiger partial charge < -0.3 is 4.74 Å². The Bertz CT molecular complexity index is 1520. The van der Waals surface area contributed by atoms with Gasteiger partial charge >= 0.3 is 5.97 Å². The molecule has 4 fully saturated rings. The third-order valence-electron chi connectivity index (χ3n) is 10.7. The molecule has 0 saturated heterocycles. The normalized spacial score (nSPS) is 25.0. The van der Waals surface area contributed by atoms with Gasteiger partial charge in [0.15, 0.2) is 0 Å². The molecule has 240 valence electrons. The molecule has 4 heteroatoms. The summed E-state index contributed by atoms with van der Waals surface area (Å²) in [5.74, 6) is 1.48. The van der Waals surface area contributed by atoms with Crippen LogP contribution >= 0.6 is 10.9 Å². The van der Waals surface area contributed by atoms with Crippen LogP contribution in [0.15, 0.2) is 81.4 Å². The van der Waals surface area contributed by atoms with Crippen molar-refractivity contribution in [3.8, 4) is 5.75 Å². The Hall–Kier alpha value is -2.85. The van der Waals surface area contributed by atoms with Crippen LogP contribution < -0.4 is 4.74 Å². The molecule has 2 unspecified atom stereocenters. The van der Waals surface area contributed by atoms with E-state index in [-0.39, 0.29) is 34.1 Å². The van der Waals surface area contributed by atoms with Gasteiger partial charge in [-0.15, -0.1) is 0 Å². The number of hydrogen-bond acceptors (Lipinski definition) is 3. The molecular weight excluding hydrogens is 573 g/mol. The van der Waals surface area contributed by atoms with E-state index < -0.39 is 16.3 Å². The summed E-state index contributed by atoms with van der Waals surface area (Å²) >= 11 is 0. The summed E-state index contributed by atoms with van der Waals surface area (Å²) in [5.41, 5.74) is 3.23. The number of hydrogen-bond donors (Lipinski definition) is 1. The summed E-state index contributed by atoms with van der Waals surface area (Å²) < 4.78 is 6.65. The molecule has 3 nitrogen and oxygen atoms in total. The third kappa shape index (κ3) is 6.16. The van der Waals surface area contributed by atoms with Crippen LogP contribution in [0.25, 0.3) is 0 Å². The molecule has 4 aliphatic carbocycles.